The topological polar surface area (TPSA) is 76.6 Å². The van der Waals surface area contributed by atoms with Gasteiger partial charge >= 0.3 is 0 Å². The van der Waals surface area contributed by atoms with Crippen LogP contribution in [0.5, 0.6) is 0 Å². The molecule has 0 saturated carbocycles. The molecule has 1 aromatic heterocycles. The summed E-state index contributed by atoms with van der Waals surface area (Å²) in [4.78, 5) is 19.1. The average molecular weight is 337 g/mol. The van der Waals surface area contributed by atoms with Crippen LogP contribution in [0.4, 0.5) is 5.13 Å². The van der Waals surface area contributed by atoms with E-state index in [1.54, 1.807) is 4.90 Å². The Kier molecular flexibility index (Phi) is 3.74. The summed E-state index contributed by atoms with van der Waals surface area (Å²) in [6, 6.07) is 0. The molecule has 0 spiro atoms. The summed E-state index contributed by atoms with van der Waals surface area (Å²) in [6.07, 6.45) is 0.958. The van der Waals surface area contributed by atoms with E-state index in [2.05, 4.69) is 4.98 Å². The van der Waals surface area contributed by atoms with Gasteiger partial charge in [0.2, 0.25) is 15.0 Å². The van der Waals surface area contributed by atoms with Crippen LogP contribution in [0.1, 0.15) is 17.0 Å². The van der Waals surface area contributed by atoms with Crippen LogP contribution in [0.25, 0.3) is 0 Å². The molecular weight excluding hydrogens is 324 g/mol. The molecule has 0 bridgehead atoms. The largest absolute Gasteiger partial charge is 0.375 e. The normalized spacial score (nSPS) is 23.1. The second kappa shape index (κ2) is 5.25. The van der Waals surface area contributed by atoms with E-state index in [-0.39, 0.29) is 24.0 Å². The second-order valence-corrected chi connectivity index (χ2v) is 8.83. The van der Waals surface area contributed by atoms with Crippen LogP contribution in [-0.4, -0.2) is 38.2 Å². The van der Waals surface area contributed by atoms with Crippen molar-refractivity contribution in [1.29, 1.82) is 0 Å². The van der Waals surface area contributed by atoms with Gasteiger partial charge in [-0.15, -0.1) is 0 Å². The molecule has 1 atom stereocenters. The van der Waals surface area contributed by atoms with E-state index in [1.165, 1.54) is 11.3 Å². The van der Waals surface area contributed by atoms with Gasteiger partial charge in [0.15, 0.2) is 5.13 Å². The van der Waals surface area contributed by atoms with Crippen LogP contribution in [0.15, 0.2) is 0 Å². The molecule has 3 heterocycles. The van der Waals surface area contributed by atoms with E-state index in [0.29, 0.717) is 24.9 Å². The summed E-state index contributed by atoms with van der Waals surface area (Å²) >= 11 is 1.44. The van der Waals surface area contributed by atoms with Gasteiger partial charge in [-0.25, -0.2) is 13.4 Å². The number of carbonyl (C=O) groups excluding carboxylic acids is 1. The maximum absolute atomic E-state index is 12.0. The Morgan fingerprint density at radius 3 is 3.00 bits per heavy atom. The predicted molar refractivity (Wildman–Crippen MR) is 75.6 cm³/mol. The van der Waals surface area contributed by atoms with Crippen molar-refractivity contribution in [2.45, 2.75) is 19.4 Å². The minimum Gasteiger partial charge on any atom is -0.375 e. The van der Waals surface area contributed by atoms with Crippen LogP contribution < -0.4 is 4.90 Å². The van der Waals surface area contributed by atoms with Gasteiger partial charge in [-0.1, -0.05) is 11.3 Å². The fraction of sp³-hybridized carbons (Fsp3) is 0.636. The summed E-state index contributed by atoms with van der Waals surface area (Å²) in [5.41, 5.74) is 0.984. The SMILES string of the molecule is O=C1CC(CS(=O)(=O)Cl)CN1c1nc2c(s1)COCC2. The van der Waals surface area contributed by atoms with Gasteiger partial charge in [0.25, 0.3) is 0 Å². The van der Waals surface area contributed by atoms with Crippen molar-refractivity contribution in [2.75, 3.05) is 23.8 Å². The van der Waals surface area contributed by atoms with Gasteiger partial charge in [-0.05, 0) is 0 Å². The first-order chi connectivity index (χ1) is 9.42. The number of amides is 1. The number of hydrogen-bond donors (Lipinski definition) is 0. The average Bonchev–Trinajstić information content (AvgIpc) is 2.90. The molecule has 0 radical (unpaired) electrons. The standard InChI is InChI=1S/C11H13ClN2O4S2/c12-20(16,17)6-7-3-10(15)14(4-7)11-13-8-1-2-18-5-9(8)19-11/h7H,1-6H2. The lowest BCUT2D eigenvalue weighted by Gasteiger charge is -2.12. The molecule has 1 saturated heterocycles. The van der Waals surface area contributed by atoms with Crippen molar-refractivity contribution in [1.82, 2.24) is 4.98 Å². The van der Waals surface area contributed by atoms with Gasteiger partial charge in [-0.3, -0.25) is 9.69 Å². The maximum atomic E-state index is 12.0. The molecule has 1 unspecified atom stereocenters. The van der Waals surface area contributed by atoms with Crippen molar-refractivity contribution in [2.24, 2.45) is 5.92 Å². The van der Waals surface area contributed by atoms with Crippen molar-refractivity contribution < 1.29 is 17.9 Å². The van der Waals surface area contributed by atoms with E-state index < -0.39 is 9.05 Å². The lowest BCUT2D eigenvalue weighted by molar-refractivity contribution is -0.117. The summed E-state index contributed by atoms with van der Waals surface area (Å²) in [6.45, 7) is 1.55. The van der Waals surface area contributed by atoms with Crippen LogP contribution in [0, 0.1) is 5.92 Å². The van der Waals surface area contributed by atoms with E-state index in [1.807, 2.05) is 0 Å². The molecule has 9 heteroatoms. The summed E-state index contributed by atoms with van der Waals surface area (Å²) in [5, 5.41) is 0.639. The molecule has 0 aromatic carbocycles. The number of rotatable bonds is 3. The summed E-state index contributed by atoms with van der Waals surface area (Å²) in [7, 11) is 1.67. The molecule has 1 aromatic rings. The first kappa shape index (κ1) is 14.2. The third kappa shape index (κ3) is 2.98. The zero-order chi connectivity index (χ0) is 14.3. The van der Waals surface area contributed by atoms with Crippen molar-refractivity contribution in [3.8, 4) is 0 Å². The molecule has 0 aliphatic carbocycles. The van der Waals surface area contributed by atoms with E-state index >= 15 is 0 Å². The monoisotopic (exact) mass is 336 g/mol. The highest BCUT2D eigenvalue weighted by atomic mass is 35.7. The highest BCUT2D eigenvalue weighted by Crippen LogP contribution is 2.33. The number of fused-ring (bicyclic) bond motifs is 1. The van der Waals surface area contributed by atoms with Crippen LogP contribution in [0.3, 0.4) is 0 Å². The van der Waals surface area contributed by atoms with Gasteiger partial charge in [-0.2, -0.15) is 0 Å². The molecule has 0 N–H and O–H groups in total. The first-order valence-electron chi connectivity index (χ1n) is 6.21. The Balaban J connectivity index is 1.77. The van der Waals surface area contributed by atoms with E-state index in [0.717, 1.165) is 17.0 Å². The number of ether oxygens (including phenoxy) is 1. The van der Waals surface area contributed by atoms with Crippen molar-refractivity contribution >= 4 is 42.1 Å². The molecule has 2 aliphatic rings. The number of aromatic nitrogens is 1. The molecule has 3 rings (SSSR count). The quantitative estimate of drug-likeness (QED) is 0.773. The Morgan fingerprint density at radius 1 is 1.50 bits per heavy atom. The molecule has 1 fully saturated rings. The van der Waals surface area contributed by atoms with Crippen LogP contribution in [-0.2, 0) is 31.6 Å². The van der Waals surface area contributed by atoms with Crippen molar-refractivity contribution in [3.05, 3.63) is 10.6 Å². The zero-order valence-corrected chi connectivity index (χ0v) is 12.9. The van der Waals surface area contributed by atoms with Gasteiger partial charge < -0.3 is 4.74 Å². The number of thiazole rings is 1. The lowest BCUT2D eigenvalue weighted by Crippen LogP contribution is -2.25. The van der Waals surface area contributed by atoms with Crippen LogP contribution >= 0.6 is 22.0 Å². The number of carbonyl (C=O) groups is 1. The van der Waals surface area contributed by atoms with Gasteiger partial charge in [0.1, 0.15) is 0 Å². The smallest absolute Gasteiger partial charge is 0.232 e. The minimum absolute atomic E-state index is 0.0951. The summed E-state index contributed by atoms with van der Waals surface area (Å²) < 4.78 is 27.6. The molecule has 6 nitrogen and oxygen atoms in total. The predicted octanol–water partition coefficient (Wildman–Crippen LogP) is 1.14. The number of anilines is 1. The maximum Gasteiger partial charge on any atom is 0.232 e. The van der Waals surface area contributed by atoms with E-state index in [4.69, 9.17) is 15.4 Å². The molecule has 110 valence electrons. The Morgan fingerprint density at radius 2 is 2.30 bits per heavy atom. The Bertz CT molecular complexity index is 619. The third-order valence-corrected chi connectivity index (χ3v) is 5.70. The third-order valence-electron chi connectivity index (χ3n) is 3.35. The Labute approximate surface area is 125 Å². The fourth-order valence-electron chi connectivity index (χ4n) is 2.49. The fourth-order valence-corrected chi connectivity index (χ4v) is 4.88. The lowest BCUT2D eigenvalue weighted by atomic mass is 10.1. The number of halogens is 1. The Hall–Kier alpha value is -0.700. The second-order valence-electron chi connectivity index (χ2n) is 4.95. The molecule has 1 amide bonds. The molecule has 20 heavy (non-hydrogen) atoms. The van der Waals surface area contributed by atoms with Crippen molar-refractivity contribution in [3.63, 3.8) is 0 Å². The summed E-state index contributed by atoms with van der Waals surface area (Å²) in [5.74, 6) is -0.533. The molecular formula is C11H13ClN2O4S2. The van der Waals surface area contributed by atoms with Crippen LogP contribution in [0.2, 0.25) is 0 Å². The van der Waals surface area contributed by atoms with Gasteiger partial charge in [0, 0.05) is 36.0 Å². The first-order valence-corrected chi connectivity index (χ1v) is 9.51. The van der Waals surface area contributed by atoms with Gasteiger partial charge in [0.05, 0.1) is 29.5 Å². The number of nitrogens with zero attached hydrogens (tertiary/aromatic N) is 2. The minimum atomic E-state index is -3.58. The number of hydrogen-bond acceptors (Lipinski definition) is 6. The molecule has 2 aliphatic heterocycles. The zero-order valence-electron chi connectivity index (χ0n) is 10.5. The van der Waals surface area contributed by atoms with E-state index in [9.17, 15) is 13.2 Å². The highest BCUT2D eigenvalue weighted by molar-refractivity contribution is 8.13. The highest BCUT2D eigenvalue weighted by Gasteiger charge is 2.35.